The third kappa shape index (κ3) is 12.4. The van der Waals surface area contributed by atoms with Crippen molar-refractivity contribution in [3.05, 3.63) is 411 Å². The van der Waals surface area contributed by atoms with Gasteiger partial charge in [-0.05, 0) is 246 Å². The van der Waals surface area contributed by atoms with E-state index in [9.17, 15) is 39.6 Å². The van der Waals surface area contributed by atoms with Crippen LogP contribution >= 0.6 is 0 Å². The molecule has 0 saturated heterocycles. The number of carboxylic acids is 4. The van der Waals surface area contributed by atoms with Gasteiger partial charge in [0.2, 0.25) is 0 Å². The Hall–Kier alpha value is -15.9. The van der Waals surface area contributed by atoms with E-state index in [-0.39, 0.29) is 22.3 Å². The Bertz CT molecular complexity index is 7170. The van der Waals surface area contributed by atoms with Gasteiger partial charge >= 0.3 is 23.9 Å². The lowest BCUT2D eigenvalue weighted by Gasteiger charge is -2.29. The second kappa shape index (κ2) is 29.4. The molecule has 18 aromatic carbocycles. The van der Waals surface area contributed by atoms with E-state index < -0.39 is 23.9 Å². The Balaban J connectivity index is 0.000000155. The van der Waals surface area contributed by atoms with E-state index in [1.54, 1.807) is 72.8 Å². The van der Waals surface area contributed by atoms with Crippen molar-refractivity contribution in [2.45, 2.75) is 0 Å². The number of aromatic nitrogens is 2. The molecule has 2 aromatic heterocycles. The van der Waals surface area contributed by atoms with Gasteiger partial charge in [-0.1, -0.05) is 224 Å². The summed E-state index contributed by atoms with van der Waals surface area (Å²) in [6, 6.07) is 129. The number of anilines is 6. The van der Waals surface area contributed by atoms with E-state index >= 15 is 0 Å². The van der Waals surface area contributed by atoms with Gasteiger partial charge in [0.15, 0.2) is 0 Å². The first-order chi connectivity index (χ1) is 56.9. The van der Waals surface area contributed by atoms with E-state index in [0.717, 1.165) is 155 Å². The summed E-state index contributed by atoms with van der Waals surface area (Å²) in [6.07, 6.45) is 0. The lowest BCUT2D eigenvalue weighted by molar-refractivity contribution is 0.0686. The van der Waals surface area contributed by atoms with E-state index in [1.165, 1.54) is 21.5 Å². The average molecular weight is 1500 g/mol. The highest BCUT2D eigenvalue weighted by molar-refractivity contribution is 6.26. The van der Waals surface area contributed by atoms with Crippen LogP contribution in [-0.4, -0.2) is 53.4 Å². The van der Waals surface area contributed by atoms with Crippen molar-refractivity contribution < 1.29 is 39.6 Å². The first kappa shape index (κ1) is 70.5. The zero-order valence-corrected chi connectivity index (χ0v) is 62.2. The molecule has 0 aliphatic rings. The van der Waals surface area contributed by atoms with Gasteiger partial charge in [-0.15, -0.1) is 0 Å². The summed E-state index contributed by atoms with van der Waals surface area (Å²) in [5.74, 6) is -4.01. The second-order valence-electron chi connectivity index (χ2n) is 28.7. The van der Waals surface area contributed by atoms with Crippen LogP contribution in [0.4, 0.5) is 34.1 Å². The maximum atomic E-state index is 12.4. The Kier molecular flexibility index (Phi) is 17.9. The molecule has 116 heavy (non-hydrogen) atoms. The summed E-state index contributed by atoms with van der Waals surface area (Å²) in [6.45, 7) is 0. The number of carbonyl (C=O) groups is 4. The molecule has 12 heteroatoms. The summed E-state index contributed by atoms with van der Waals surface area (Å²) in [4.78, 5) is 53.6. The molecule has 0 amide bonds. The predicted octanol–water partition coefficient (Wildman–Crippen LogP) is 26.6. The van der Waals surface area contributed by atoms with Crippen molar-refractivity contribution in [2.24, 2.45) is 0 Å². The number of carboxylic acid groups (broad SMARTS) is 4. The number of rotatable bonds is 16. The molecule has 0 aliphatic carbocycles. The third-order valence-corrected chi connectivity index (χ3v) is 22.0. The largest absolute Gasteiger partial charge is 0.478 e. The summed E-state index contributed by atoms with van der Waals surface area (Å²) >= 11 is 0. The molecule has 0 bridgehead atoms. The van der Waals surface area contributed by atoms with Crippen LogP contribution in [0.15, 0.2) is 388 Å². The lowest BCUT2D eigenvalue weighted by atomic mass is 9.84. The van der Waals surface area contributed by atoms with Crippen LogP contribution in [0.25, 0.3) is 143 Å². The van der Waals surface area contributed by atoms with Crippen molar-refractivity contribution in [2.75, 3.05) is 9.80 Å². The van der Waals surface area contributed by atoms with Crippen molar-refractivity contribution in [3.63, 3.8) is 0 Å². The molecule has 0 fully saturated rings. The normalized spacial score (nSPS) is 11.4. The number of para-hydroxylation sites is 6. The lowest BCUT2D eigenvalue weighted by Crippen LogP contribution is -2.11. The van der Waals surface area contributed by atoms with Crippen molar-refractivity contribution in [1.29, 1.82) is 0 Å². The van der Waals surface area contributed by atoms with Crippen LogP contribution in [0.5, 0.6) is 0 Å². The minimum Gasteiger partial charge on any atom is -0.478 e. The molecule has 0 atom stereocenters. The molecule has 0 radical (unpaired) electrons. The number of nitrogens with zero attached hydrogens (tertiary/aromatic N) is 4. The average Bonchev–Trinajstić information content (AvgIpc) is 1.05. The van der Waals surface area contributed by atoms with E-state index in [1.807, 2.05) is 97.1 Å². The number of benzene rings is 18. The SMILES string of the molecule is O=C(O)c1cccc(-c2c3ccccc3c(-c3cccc(C(=O)O)c3)c3c(N(c4ccccc4)c4ccc(-n5c6ccccc6c6ccccc65)cc4)cccc23)c1.O=C(O)c1cccc(-c2c3ccccc3c(-c3cccc(C(=O)O)c3)c3cc(N(c4ccccc4)c4ccc(-n5c6ccccc6c6ccccc65)cc4)ccc23)c1. The van der Waals surface area contributed by atoms with E-state index in [0.29, 0.717) is 0 Å². The van der Waals surface area contributed by atoms with Crippen LogP contribution in [0, 0.1) is 0 Å². The van der Waals surface area contributed by atoms with Gasteiger partial charge in [-0.25, -0.2) is 19.2 Å². The maximum absolute atomic E-state index is 12.4. The molecule has 0 unspecified atom stereocenters. The highest BCUT2D eigenvalue weighted by Crippen LogP contribution is 2.52. The smallest absolute Gasteiger partial charge is 0.335 e. The maximum Gasteiger partial charge on any atom is 0.335 e. The van der Waals surface area contributed by atoms with Crippen molar-refractivity contribution in [1.82, 2.24) is 9.13 Å². The molecule has 2 heterocycles. The van der Waals surface area contributed by atoms with Crippen LogP contribution in [0.1, 0.15) is 41.4 Å². The summed E-state index contributed by atoms with van der Waals surface area (Å²) < 4.78 is 4.61. The van der Waals surface area contributed by atoms with E-state index in [2.05, 4.69) is 237 Å². The van der Waals surface area contributed by atoms with Crippen LogP contribution in [0.3, 0.4) is 0 Å². The number of fused-ring (bicyclic) bond motifs is 10. The van der Waals surface area contributed by atoms with Gasteiger partial charge in [0.25, 0.3) is 0 Å². The van der Waals surface area contributed by atoms with Gasteiger partial charge in [0, 0.05) is 66.7 Å². The minimum absolute atomic E-state index is 0.186. The van der Waals surface area contributed by atoms with Gasteiger partial charge in [0.1, 0.15) is 0 Å². The summed E-state index contributed by atoms with van der Waals surface area (Å²) in [5.41, 5.74) is 19.6. The Morgan fingerprint density at radius 2 is 0.483 bits per heavy atom. The molecule has 12 nitrogen and oxygen atoms in total. The molecule has 20 rings (SSSR count). The minimum atomic E-state index is -1.01. The fraction of sp³-hybridized carbons (Fsp3) is 0. The van der Waals surface area contributed by atoms with Crippen LogP contribution < -0.4 is 9.80 Å². The quantitative estimate of drug-likeness (QED) is 0.0684. The molecule has 20 aromatic rings. The first-order valence-corrected chi connectivity index (χ1v) is 38.1. The highest BCUT2D eigenvalue weighted by atomic mass is 16.4. The summed E-state index contributed by atoms with van der Waals surface area (Å²) in [5, 5.41) is 52.3. The predicted molar refractivity (Wildman–Crippen MR) is 471 cm³/mol. The fourth-order valence-corrected chi connectivity index (χ4v) is 17.1. The number of hydrogen-bond acceptors (Lipinski definition) is 6. The molecule has 0 saturated carbocycles. The van der Waals surface area contributed by atoms with Gasteiger partial charge < -0.3 is 39.4 Å². The van der Waals surface area contributed by atoms with Gasteiger partial charge in [-0.3, -0.25) is 0 Å². The summed E-state index contributed by atoms with van der Waals surface area (Å²) in [7, 11) is 0. The highest BCUT2D eigenvalue weighted by Gasteiger charge is 2.27. The zero-order valence-electron chi connectivity index (χ0n) is 62.2. The van der Waals surface area contributed by atoms with Gasteiger partial charge in [0.05, 0.1) is 50.0 Å². The number of hydrogen-bond donors (Lipinski definition) is 4. The molecule has 0 spiro atoms. The standard InChI is InChI=1S/2C52H34N2O4/c55-51(56)35-15-10-13-33(31-35)48-42-21-4-5-22-43(42)49(34-14-11-16-36(32-34)52(57)58)50-44(48)23-12-26-47(50)53(37-17-2-1-3-18-37)38-27-29-39(30-28-38)54-45-24-8-6-19-40(45)41-20-7-9-25-46(41)54;55-51(56)35-14-10-12-33(30-35)49-43-20-4-5-21-44(43)50(34-13-11-15-36(31-34)52(57)58)46-32-40(28-29-45(46)49)53(37-16-2-1-3-17-37)38-24-26-39(27-25-38)54-47-22-8-6-18-41(47)42-19-7-9-23-48(42)54/h2*1-32H,(H,55,56)(H,57,58). The zero-order chi connectivity index (χ0) is 78.7. The first-order valence-electron chi connectivity index (χ1n) is 38.1. The molecular weight excluding hydrogens is 1430 g/mol. The molecule has 552 valence electrons. The molecule has 0 aliphatic heterocycles. The van der Waals surface area contributed by atoms with Crippen LogP contribution in [0.2, 0.25) is 0 Å². The Morgan fingerprint density at radius 3 is 0.871 bits per heavy atom. The van der Waals surface area contributed by atoms with Gasteiger partial charge in [-0.2, -0.15) is 0 Å². The topological polar surface area (TPSA) is 166 Å². The fourth-order valence-electron chi connectivity index (χ4n) is 17.1. The van der Waals surface area contributed by atoms with Crippen LogP contribution in [-0.2, 0) is 0 Å². The monoisotopic (exact) mass is 1500 g/mol. The van der Waals surface area contributed by atoms with E-state index in [4.69, 9.17) is 0 Å². The van der Waals surface area contributed by atoms with Crippen molar-refractivity contribution >= 4 is 145 Å². The third-order valence-electron chi connectivity index (χ3n) is 22.0. The molecular formula is C104H68N4O8. The second-order valence-corrected chi connectivity index (χ2v) is 28.7. The Labute approximate surface area is 665 Å². The molecule has 4 N–H and O–H groups in total. The van der Waals surface area contributed by atoms with Crippen molar-refractivity contribution in [3.8, 4) is 55.9 Å². The number of aromatic carboxylic acids is 4. The Morgan fingerprint density at radius 1 is 0.207 bits per heavy atom.